The molecule has 0 N–H and O–H groups in total. The van der Waals surface area contributed by atoms with Crippen LogP contribution in [0.5, 0.6) is 0 Å². The van der Waals surface area contributed by atoms with Crippen molar-refractivity contribution in [1.29, 1.82) is 0 Å². The van der Waals surface area contributed by atoms with E-state index in [1.165, 1.54) is 36.3 Å². The van der Waals surface area contributed by atoms with Crippen molar-refractivity contribution in [2.45, 2.75) is 0 Å². The lowest BCUT2D eigenvalue weighted by Crippen LogP contribution is -1.98. The fourth-order valence-corrected chi connectivity index (χ4v) is 7.53. The molecule has 190 valence electrons. The highest BCUT2D eigenvalue weighted by molar-refractivity contribution is 7.27. The van der Waals surface area contributed by atoms with Crippen molar-refractivity contribution in [3.05, 3.63) is 127 Å². The van der Waals surface area contributed by atoms with E-state index in [0.29, 0.717) is 5.82 Å². The molecule has 0 fully saturated rings. The molecule has 6 aromatic carbocycles. The van der Waals surface area contributed by atoms with Gasteiger partial charge in [-0.1, -0.05) is 115 Å². The van der Waals surface area contributed by atoms with Crippen LogP contribution in [0, 0.1) is 0 Å². The Morgan fingerprint density at radius 2 is 1.02 bits per heavy atom. The molecule has 3 heterocycles. The number of fused-ring (bicyclic) bond motifs is 11. The molecule has 0 aliphatic rings. The fourth-order valence-electron chi connectivity index (χ4n) is 6.25. The first-order valence-electron chi connectivity index (χ1n) is 13.7. The highest BCUT2D eigenvalue weighted by Crippen LogP contribution is 2.46. The van der Waals surface area contributed by atoms with Crippen LogP contribution < -0.4 is 0 Å². The number of hydrogen-bond acceptors (Lipinski definition) is 4. The molecular formula is C37H21N3S. The molecule has 0 aliphatic heterocycles. The van der Waals surface area contributed by atoms with Gasteiger partial charge >= 0.3 is 0 Å². The molecule has 0 bridgehead atoms. The van der Waals surface area contributed by atoms with Gasteiger partial charge in [0.05, 0.1) is 16.7 Å². The average Bonchev–Trinajstić information content (AvgIpc) is 3.44. The van der Waals surface area contributed by atoms with E-state index in [4.69, 9.17) is 15.0 Å². The van der Waals surface area contributed by atoms with Crippen LogP contribution >= 0.6 is 11.3 Å². The number of para-hydroxylation sites is 1. The number of pyridine rings is 1. The van der Waals surface area contributed by atoms with Gasteiger partial charge in [-0.2, -0.15) is 0 Å². The van der Waals surface area contributed by atoms with Gasteiger partial charge in [0.2, 0.25) is 0 Å². The van der Waals surface area contributed by atoms with Crippen molar-refractivity contribution in [1.82, 2.24) is 15.0 Å². The summed E-state index contributed by atoms with van der Waals surface area (Å²) in [6.45, 7) is 0. The molecule has 0 amide bonds. The highest BCUT2D eigenvalue weighted by atomic mass is 32.1. The first-order chi connectivity index (χ1) is 20.3. The SMILES string of the molecule is c1ccc(-c2nc(-c3nc4c5ccccc5c5c6ccccc6sc5c4c4ccccc34)nc3ccccc23)cc1. The summed E-state index contributed by atoms with van der Waals surface area (Å²) >= 11 is 1.85. The van der Waals surface area contributed by atoms with Crippen LogP contribution in [0.25, 0.3) is 86.3 Å². The van der Waals surface area contributed by atoms with Crippen molar-refractivity contribution < 1.29 is 0 Å². The van der Waals surface area contributed by atoms with Gasteiger partial charge in [-0.15, -0.1) is 11.3 Å². The Morgan fingerprint density at radius 3 is 1.83 bits per heavy atom. The molecule has 0 atom stereocenters. The van der Waals surface area contributed by atoms with Gasteiger partial charge in [-0.05, 0) is 22.9 Å². The van der Waals surface area contributed by atoms with E-state index in [1.807, 2.05) is 29.5 Å². The summed E-state index contributed by atoms with van der Waals surface area (Å²) < 4.78 is 2.57. The monoisotopic (exact) mass is 539 g/mol. The van der Waals surface area contributed by atoms with Crippen LogP contribution in [0.15, 0.2) is 127 Å². The maximum Gasteiger partial charge on any atom is 0.179 e. The van der Waals surface area contributed by atoms with E-state index in [1.54, 1.807) is 0 Å². The van der Waals surface area contributed by atoms with Gasteiger partial charge < -0.3 is 0 Å². The quantitative estimate of drug-likeness (QED) is 0.205. The number of aromatic nitrogens is 3. The van der Waals surface area contributed by atoms with Gasteiger partial charge in [0, 0.05) is 47.3 Å². The summed E-state index contributed by atoms with van der Waals surface area (Å²) in [5.41, 5.74) is 4.69. The minimum absolute atomic E-state index is 0.640. The van der Waals surface area contributed by atoms with Crippen molar-refractivity contribution >= 4 is 74.9 Å². The number of benzene rings is 6. The summed E-state index contributed by atoms with van der Waals surface area (Å²) in [4.78, 5) is 15.7. The Kier molecular flexibility index (Phi) is 4.77. The molecule has 0 aliphatic carbocycles. The maximum atomic E-state index is 5.45. The molecule has 0 saturated carbocycles. The van der Waals surface area contributed by atoms with Crippen molar-refractivity contribution in [3.8, 4) is 22.8 Å². The van der Waals surface area contributed by atoms with Gasteiger partial charge in [0.25, 0.3) is 0 Å². The summed E-state index contributed by atoms with van der Waals surface area (Å²) in [7, 11) is 0. The molecule has 9 rings (SSSR count). The smallest absolute Gasteiger partial charge is 0.179 e. The van der Waals surface area contributed by atoms with E-state index < -0.39 is 0 Å². The zero-order valence-corrected chi connectivity index (χ0v) is 22.7. The van der Waals surface area contributed by atoms with Gasteiger partial charge in [-0.25, -0.2) is 15.0 Å². The standard InChI is InChI=1S/C37H21N3S/c1-2-12-22(13-3-1)33-27-18-8-10-20-29(27)38-37(40-33)35-26-17-7-5-15-24(26)32-34(39-35)25-16-6-4-14-23(25)31-28-19-9-11-21-30(28)41-36(31)32/h1-21H. The third-order valence-corrected chi connectivity index (χ3v) is 9.24. The summed E-state index contributed by atoms with van der Waals surface area (Å²) in [5, 5.41) is 9.44. The zero-order valence-electron chi connectivity index (χ0n) is 21.9. The topological polar surface area (TPSA) is 38.7 Å². The van der Waals surface area contributed by atoms with Crippen LogP contribution in [0.2, 0.25) is 0 Å². The first kappa shape index (κ1) is 22.6. The lowest BCUT2D eigenvalue weighted by molar-refractivity contribution is 1.20. The molecular weight excluding hydrogens is 518 g/mol. The van der Waals surface area contributed by atoms with Crippen LogP contribution in [-0.2, 0) is 0 Å². The predicted molar refractivity (Wildman–Crippen MR) is 174 cm³/mol. The van der Waals surface area contributed by atoms with E-state index in [0.717, 1.165) is 44.1 Å². The van der Waals surface area contributed by atoms with Crippen LogP contribution in [0.4, 0.5) is 0 Å². The van der Waals surface area contributed by atoms with E-state index in [-0.39, 0.29) is 0 Å². The molecule has 3 aromatic heterocycles. The Bertz CT molecular complexity index is 2480. The minimum Gasteiger partial charge on any atom is -0.243 e. The molecule has 41 heavy (non-hydrogen) atoms. The maximum absolute atomic E-state index is 5.45. The Labute approximate surface area is 239 Å². The second-order valence-electron chi connectivity index (χ2n) is 10.4. The second-order valence-corrected chi connectivity index (χ2v) is 11.4. The zero-order chi connectivity index (χ0) is 26.9. The third-order valence-electron chi connectivity index (χ3n) is 8.05. The van der Waals surface area contributed by atoms with Gasteiger partial charge in [-0.3, -0.25) is 0 Å². The molecule has 3 nitrogen and oxygen atoms in total. The Balaban J connectivity index is 1.47. The molecule has 4 heteroatoms. The lowest BCUT2D eigenvalue weighted by atomic mass is 9.96. The van der Waals surface area contributed by atoms with Crippen molar-refractivity contribution in [3.63, 3.8) is 0 Å². The molecule has 0 spiro atoms. The lowest BCUT2D eigenvalue weighted by Gasteiger charge is -2.14. The summed E-state index contributed by atoms with van der Waals surface area (Å²) in [6, 6.07) is 44.6. The van der Waals surface area contributed by atoms with Crippen molar-refractivity contribution in [2.75, 3.05) is 0 Å². The summed E-state index contributed by atoms with van der Waals surface area (Å²) in [5.74, 6) is 0.640. The van der Waals surface area contributed by atoms with Gasteiger partial charge in [0.15, 0.2) is 5.82 Å². The number of nitrogens with zero attached hydrogens (tertiary/aromatic N) is 3. The minimum atomic E-state index is 0.640. The second kappa shape index (κ2) is 8.65. The molecule has 0 radical (unpaired) electrons. The number of hydrogen-bond donors (Lipinski definition) is 0. The van der Waals surface area contributed by atoms with Gasteiger partial charge in [0.1, 0.15) is 5.69 Å². The average molecular weight is 540 g/mol. The largest absolute Gasteiger partial charge is 0.243 e. The van der Waals surface area contributed by atoms with E-state index in [2.05, 4.69) is 109 Å². The number of rotatable bonds is 2. The van der Waals surface area contributed by atoms with E-state index >= 15 is 0 Å². The fraction of sp³-hybridized carbons (Fsp3) is 0. The Morgan fingerprint density at radius 1 is 0.415 bits per heavy atom. The molecule has 0 saturated heterocycles. The van der Waals surface area contributed by atoms with Crippen LogP contribution in [-0.4, -0.2) is 15.0 Å². The van der Waals surface area contributed by atoms with E-state index in [9.17, 15) is 0 Å². The molecule has 9 aromatic rings. The Hall–Kier alpha value is -5.19. The third kappa shape index (κ3) is 3.28. The normalized spacial score (nSPS) is 11.9. The first-order valence-corrected chi connectivity index (χ1v) is 14.5. The van der Waals surface area contributed by atoms with Crippen LogP contribution in [0.3, 0.4) is 0 Å². The highest BCUT2D eigenvalue weighted by Gasteiger charge is 2.21. The van der Waals surface area contributed by atoms with Crippen LogP contribution in [0.1, 0.15) is 0 Å². The summed E-state index contributed by atoms with van der Waals surface area (Å²) in [6.07, 6.45) is 0. The van der Waals surface area contributed by atoms with Crippen molar-refractivity contribution in [2.24, 2.45) is 0 Å². The molecule has 0 unspecified atom stereocenters. The number of thiophene rings is 1. The predicted octanol–water partition coefficient (Wildman–Crippen LogP) is 10.2.